The molecule has 102 valence electrons. The smallest absolute Gasteiger partial charge is 0.174 e. The van der Waals surface area contributed by atoms with Crippen molar-refractivity contribution in [3.63, 3.8) is 0 Å². The highest BCUT2D eigenvalue weighted by atomic mass is 79.9. The molecule has 0 spiro atoms. The molecule has 0 fully saturated rings. The average molecular weight is 398 g/mol. The highest BCUT2D eigenvalue weighted by molar-refractivity contribution is 9.08. The van der Waals surface area contributed by atoms with Crippen LogP contribution in [-0.4, -0.2) is 29.5 Å². The largest absolute Gasteiger partial charge is 0.257 e. The van der Waals surface area contributed by atoms with E-state index in [1.165, 1.54) is 0 Å². The number of hydrogen-bond donors (Lipinski definition) is 0. The van der Waals surface area contributed by atoms with Crippen molar-refractivity contribution in [2.45, 2.75) is 10.7 Å². The van der Waals surface area contributed by atoms with E-state index in [1.807, 2.05) is 24.5 Å². The molecule has 3 rings (SSSR count). The van der Waals surface area contributed by atoms with Crippen molar-refractivity contribution in [2.75, 3.05) is 0 Å². The van der Waals surface area contributed by atoms with Gasteiger partial charge in [0.05, 0.1) is 23.8 Å². The molecule has 20 heavy (non-hydrogen) atoms. The first kappa shape index (κ1) is 13.4. The summed E-state index contributed by atoms with van der Waals surface area (Å²) in [4.78, 5) is 8.72. The van der Waals surface area contributed by atoms with E-state index in [1.54, 1.807) is 21.8 Å². The van der Waals surface area contributed by atoms with Crippen LogP contribution < -0.4 is 0 Å². The molecule has 0 atom stereocenters. The minimum Gasteiger partial charge on any atom is -0.257 e. The van der Waals surface area contributed by atoms with Gasteiger partial charge in [-0.25, -0.2) is 14.3 Å². The van der Waals surface area contributed by atoms with Crippen LogP contribution in [0.2, 0.25) is 0 Å². The molecular formula is C12H10Br2N6. The van der Waals surface area contributed by atoms with Crippen molar-refractivity contribution >= 4 is 31.9 Å². The van der Waals surface area contributed by atoms with Crippen molar-refractivity contribution in [1.29, 1.82) is 0 Å². The Morgan fingerprint density at radius 1 is 0.850 bits per heavy atom. The number of aromatic nitrogens is 6. The Hall–Kier alpha value is -1.54. The summed E-state index contributed by atoms with van der Waals surface area (Å²) in [6, 6.07) is 3.86. The van der Waals surface area contributed by atoms with Crippen LogP contribution in [0.1, 0.15) is 11.4 Å². The van der Waals surface area contributed by atoms with E-state index < -0.39 is 0 Å². The zero-order valence-corrected chi connectivity index (χ0v) is 13.5. The van der Waals surface area contributed by atoms with Gasteiger partial charge in [-0.2, -0.15) is 10.2 Å². The fraction of sp³-hybridized carbons (Fsp3) is 0.167. The predicted molar refractivity (Wildman–Crippen MR) is 81.5 cm³/mol. The molecular weight excluding hydrogens is 388 g/mol. The lowest BCUT2D eigenvalue weighted by molar-refractivity contribution is 0.779. The maximum Gasteiger partial charge on any atom is 0.174 e. The van der Waals surface area contributed by atoms with Crippen molar-refractivity contribution in [3.05, 3.63) is 48.3 Å². The normalized spacial score (nSPS) is 10.9. The molecule has 8 heteroatoms. The molecule has 0 aliphatic carbocycles. The van der Waals surface area contributed by atoms with Crippen LogP contribution in [0.25, 0.3) is 11.6 Å². The van der Waals surface area contributed by atoms with Gasteiger partial charge >= 0.3 is 0 Å². The molecule has 3 heterocycles. The highest BCUT2D eigenvalue weighted by Gasteiger charge is 2.06. The number of nitrogens with zero attached hydrogens (tertiary/aromatic N) is 6. The van der Waals surface area contributed by atoms with E-state index in [9.17, 15) is 0 Å². The molecule has 0 aliphatic rings. The molecule has 0 radical (unpaired) electrons. The Morgan fingerprint density at radius 2 is 1.35 bits per heavy atom. The standard InChI is InChI=1S/C12H10Br2N6/c13-5-9-1-3-19(17-9)11-7-15-8-12(16-11)20-4-2-10(6-14)18-20/h1-4,7-8H,5-6H2. The van der Waals surface area contributed by atoms with E-state index >= 15 is 0 Å². The van der Waals surface area contributed by atoms with Gasteiger partial charge in [0, 0.05) is 23.1 Å². The Balaban J connectivity index is 1.96. The van der Waals surface area contributed by atoms with Gasteiger partial charge in [-0.3, -0.25) is 4.98 Å². The van der Waals surface area contributed by atoms with Crippen molar-refractivity contribution < 1.29 is 0 Å². The number of halogens is 2. The van der Waals surface area contributed by atoms with Gasteiger partial charge in [-0.15, -0.1) is 0 Å². The molecule has 0 saturated heterocycles. The minimum absolute atomic E-state index is 0.658. The molecule has 0 saturated carbocycles. The summed E-state index contributed by atoms with van der Waals surface area (Å²) in [5, 5.41) is 10.2. The molecule has 6 nitrogen and oxygen atoms in total. The second-order valence-electron chi connectivity index (χ2n) is 4.01. The SMILES string of the molecule is BrCc1ccn(-c2cncc(-n3ccc(CBr)n3)n2)n1. The summed E-state index contributed by atoms with van der Waals surface area (Å²) in [7, 11) is 0. The minimum atomic E-state index is 0.658. The lowest BCUT2D eigenvalue weighted by Gasteiger charge is -2.03. The van der Waals surface area contributed by atoms with Gasteiger partial charge in [0.1, 0.15) is 0 Å². The van der Waals surface area contributed by atoms with E-state index in [4.69, 9.17) is 0 Å². The molecule has 0 aliphatic heterocycles. The summed E-state index contributed by atoms with van der Waals surface area (Å²) in [6.07, 6.45) is 7.06. The molecule has 3 aromatic rings. The van der Waals surface area contributed by atoms with Crippen LogP contribution in [0.4, 0.5) is 0 Å². The van der Waals surface area contributed by atoms with Gasteiger partial charge in [0.25, 0.3) is 0 Å². The van der Waals surface area contributed by atoms with Crippen LogP contribution >= 0.6 is 31.9 Å². The Labute approximate surface area is 132 Å². The average Bonchev–Trinajstić information content (AvgIpc) is 3.16. The Bertz CT molecular complexity index is 663. The van der Waals surface area contributed by atoms with Crippen molar-refractivity contribution in [3.8, 4) is 11.6 Å². The zero-order chi connectivity index (χ0) is 13.9. The number of rotatable bonds is 4. The summed E-state index contributed by atoms with van der Waals surface area (Å²) in [6.45, 7) is 0. The van der Waals surface area contributed by atoms with Crippen molar-refractivity contribution in [1.82, 2.24) is 29.5 Å². The molecule has 0 unspecified atom stereocenters. The molecule has 0 bridgehead atoms. The molecule has 0 amide bonds. The third-order valence-corrected chi connectivity index (χ3v) is 3.79. The third kappa shape index (κ3) is 2.66. The maximum atomic E-state index is 4.52. The zero-order valence-electron chi connectivity index (χ0n) is 10.3. The quantitative estimate of drug-likeness (QED) is 0.635. The van der Waals surface area contributed by atoms with E-state index in [-0.39, 0.29) is 0 Å². The van der Waals surface area contributed by atoms with Gasteiger partial charge in [0.2, 0.25) is 0 Å². The molecule has 0 aromatic carbocycles. The summed E-state index contributed by atoms with van der Waals surface area (Å²) < 4.78 is 3.39. The first-order valence-electron chi connectivity index (χ1n) is 5.84. The Kier molecular flexibility index (Phi) is 3.93. The van der Waals surface area contributed by atoms with Crippen LogP contribution in [0.3, 0.4) is 0 Å². The summed E-state index contributed by atoms with van der Waals surface area (Å²) in [5.74, 6) is 1.32. The fourth-order valence-corrected chi connectivity index (χ4v) is 2.29. The highest BCUT2D eigenvalue weighted by Crippen LogP contribution is 2.10. The number of alkyl halides is 2. The first-order valence-corrected chi connectivity index (χ1v) is 8.08. The molecule has 3 aromatic heterocycles. The first-order chi connectivity index (χ1) is 9.80. The van der Waals surface area contributed by atoms with Gasteiger partial charge in [-0.05, 0) is 12.1 Å². The topological polar surface area (TPSA) is 61.4 Å². The van der Waals surface area contributed by atoms with Gasteiger partial charge in [0.15, 0.2) is 11.6 Å². The summed E-state index contributed by atoms with van der Waals surface area (Å²) in [5.41, 5.74) is 1.88. The van der Waals surface area contributed by atoms with E-state index in [0.29, 0.717) is 22.3 Å². The summed E-state index contributed by atoms with van der Waals surface area (Å²) >= 11 is 6.75. The fourth-order valence-electron chi connectivity index (χ4n) is 1.69. The lowest BCUT2D eigenvalue weighted by Crippen LogP contribution is -2.05. The van der Waals surface area contributed by atoms with Crippen molar-refractivity contribution in [2.24, 2.45) is 0 Å². The molecule has 0 N–H and O–H groups in total. The van der Waals surface area contributed by atoms with Crippen LogP contribution in [0, 0.1) is 0 Å². The third-order valence-electron chi connectivity index (χ3n) is 2.64. The van der Waals surface area contributed by atoms with Gasteiger partial charge in [-0.1, -0.05) is 31.9 Å². The second-order valence-corrected chi connectivity index (χ2v) is 5.13. The lowest BCUT2D eigenvalue weighted by atomic mass is 10.5. The second kappa shape index (κ2) is 5.84. The maximum absolute atomic E-state index is 4.52. The van der Waals surface area contributed by atoms with Gasteiger partial charge < -0.3 is 0 Å². The van der Waals surface area contributed by atoms with E-state index in [2.05, 4.69) is 52.0 Å². The number of hydrogen-bond acceptors (Lipinski definition) is 4. The monoisotopic (exact) mass is 396 g/mol. The predicted octanol–water partition coefficient (Wildman–Crippen LogP) is 2.64. The van der Waals surface area contributed by atoms with Crippen LogP contribution in [0.15, 0.2) is 36.9 Å². The van der Waals surface area contributed by atoms with Crippen LogP contribution in [-0.2, 0) is 10.7 Å². The Morgan fingerprint density at radius 3 is 1.75 bits per heavy atom. The van der Waals surface area contributed by atoms with Crippen LogP contribution in [0.5, 0.6) is 0 Å². The van der Waals surface area contributed by atoms with E-state index in [0.717, 1.165) is 11.4 Å².